The van der Waals surface area contributed by atoms with Gasteiger partial charge in [-0.3, -0.25) is 14.5 Å². The van der Waals surface area contributed by atoms with Gasteiger partial charge in [0.1, 0.15) is 17.5 Å². The van der Waals surface area contributed by atoms with Crippen LogP contribution in [0.2, 0.25) is 0 Å². The Labute approximate surface area is 187 Å². The second-order valence-corrected chi connectivity index (χ2v) is 9.29. The highest BCUT2D eigenvalue weighted by Gasteiger charge is 2.35. The summed E-state index contributed by atoms with van der Waals surface area (Å²) >= 11 is 0. The molecule has 2 aliphatic heterocycles. The van der Waals surface area contributed by atoms with Gasteiger partial charge >= 0.3 is 0 Å². The van der Waals surface area contributed by atoms with E-state index in [1.807, 2.05) is 11.8 Å². The van der Waals surface area contributed by atoms with Gasteiger partial charge in [-0.25, -0.2) is 14.4 Å². The summed E-state index contributed by atoms with van der Waals surface area (Å²) in [4.78, 5) is 38.9. The minimum Gasteiger partial charge on any atom is -0.342 e. The maximum absolute atomic E-state index is 14.3. The van der Waals surface area contributed by atoms with Gasteiger partial charge in [0.15, 0.2) is 0 Å². The first-order chi connectivity index (χ1) is 15.5. The molecule has 2 amide bonds. The second kappa shape index (κ2) is 8.60. The lowest BCUT2D eigenvalue weighted by atomic mass is 9.83. The largest absolute Gasteiger partial charge is 0.342 e. The van der Waals surface area contributed by atoms with Crippen LogP contribution in [0.15, 0.2) is 24.3 Å². The van der Waals surface area contributed by atoms with E-state index < -0.39 is 0 Å². The standard InChI is InChI=1S/C25H29FN4O2/c1-16-20-11-12-22(31)30(15-18-6-2-3-10-21(18)26)24(20)28-23(27-16)19-9-5-13-29(14-19)25(32)17-7-4-8-17/h2-3,6,10,17,19H,4-5,7-9,11-15H2,1H3. The van der Waals surface area contributed by atoms with Crippen molar-refractivity contribution < 1.29 is 14.0 Å². The number of piperidine rings is 1. The number of halogens is 1. The average molecular weight is 437 g/mol. The molecule has 5 rings (SSSR count). The number of likely N-dealkylation sites (tertiary alicyclic amines) is 1. The van der Waals surface area contributed by atoms with E-state index in [9.17, 15) is 14.0 Å². The van der Waals surface area contributed by atoms with E-state index in [-0.39, 0.29) is 36.0 Å². The van der Waals surface area contributed by atoms with Crippen LogP contribution in [0.4, 0.5) is 10.2 Å². The summed E-state index contributed by atoms with van der Waals surface area (Å²) in [5.74, 6) is 1.45. The van der Waals surface area contributed by atoms with E-state index in [2.05, 4.69) is 0 Å². The molecule has 1 unspecified atom stereocenters. The molecule has 1 atom stereocenters. The van der Waals surface area contributed by atoms with Crippen LogP contribution in [0.1, 0.15) is 67.1 Å². The lowest BCUT2D eigenvalue weighted by Gasteiger charge is -2.37. The Balaban J connectivity index is 1.43. The smallest absolute Gasteiger partial charge is 0.228 e. The number of fused-ring (bicyclic) bond motifs is 1. The van der Waals surface area contributed by atoms with Crippen LogP contribution in [0, 0.1) is 18.7 Å². The molecule has 32 heavy (non-hydrogen) atoms. The molecule has 168 valence electrons. The summed E-state index contributed by atoms with van der Waals surface area (Å²) in [7, 11) is 0. The molecule has 0 spiro atoms. The molecule has 0 radical (unpaired) electrons. The third kappa shape index (κ3) is 3.89. The molecule has 0 bridgehead atoms. The van der Waals surface area contributed by atoms with Crippen molar-refractivity contribution in [3.63, 3.8) is 0 Å². The molecular formula is C25H29FN4O2. The Bertz CT molecular complexity index is 1050. The normalized spacial score (nSPS) is 21.3. The number of amides is 2. The van der Waals surface area contributed by atoms with Gasteiger partial charge < -0.3 is 4.90 Å². The third-order valence-corrected chi connectivity index (χ3v) is 7.19. The third-order valence-electron chi connectivity index (χ3n) is 7.19. The average Bonchev–Trinajstić information content (AvgIpc) is 2.76. The molecule has 2 aromatic rings. The molecule has 1 saturated carbocycles. The van der Waals surface area contributed by atoms with Gasteiger partial charge in [-0.2, -0.15) is 0 Å². The van der Waals surface area contributed by atoms with Gasteiger partial charge in [-0.05, 0) is 45.1 Å². The Morgan fingerprint density at radius 1 is 1.12 bits per heavy atom. The number of nitrogens with zero attached hydrogens (tertiary/aromatic N) is 4. The molecule has 7 heteroatoms. The second-order valence-electron chi connectivity index (χ2n) is 9.29. The molecular weight excluding hydrogens is 407 g/mol. The van der Waals surface area contributed by atoms with E-state index in [1.165, 1.54) is 6.07 Å². The first kappa shape index (κ1) is 21.0. The van der Waals surface area contributed by atoms with Gasteiger partial charge in [0, 0.05) is 48.2 Å². The first-order valence-corrected chi connectivity index (χ1v) is 11.7. The topological polar surface area (TPSA) is 66.4 Å². The Hall–Kier alpha value is -2.83. The van der Waals surface area contributed by atoms with Crippen LogP contribution in [0.5, 0.6) is 0 Å². The van der Waals surface area contributed by atoms with Crippen LogP contribution >= 0.6 is 0 Å². The van der Waals surface area contributed by atoms with Crippen molar-refractivity contribution in [3.05, 3.63) is 52.7 Å². The molecule has 6 nitrogen and oxygen atoms in total. The molecule has 1 aliphatic carbocycles. The van der Waals surface area contributed by atoms with E-state index in [0.717, 1.165) is 49.9 Å². The number of benzene rings is 1. The Kier molecular flexibility index (Phi) is 5.66. The van der Waals surface area contributed by atoms with Crippen molar-refractivity contribution in [1.82, 2.24) is 14.9 Å². The number of anilines is 1. The number of carbonyl (C=O) groups is 2. The van der Waals surface area contributed by atoms with Crippen molar-refractivity contribution in [2.75, 3.05) is 18.0 Å². The van der Waals surface area contributed by atoms with E-state index in [0.29, 0.717) is 36.6 Å². The molecule has 0 N–H and O–H groups in total. The lowest BCUT2D eigenvalue weighted by molar-refractivity contribution is -0.139. The van der Waals surface area contributed by atoms with Crippen molar-refractivity contribution in [1.29, 1.82) is 0 Å². The first-order valence-electron chi connectivity index (χ1n) is 11.7. The van der Waals surface area contributed by atoms with Crippen LogP contribution in [0.25, 0.3) is 0 Å². The highest BCUT2D eigenvalue weighted by atomic mass is 19.1. The van der Waals surface area contributed by atoms with Gasteiger partial charge in [0.05, 0.1) is 6.54 Å². The highest BCUT2D eigenvalue weighted by Crippen LogP contribution is 2.35. The summed E-state index contributed by atoms with van der Waals surface area (Å²) in [5.41, 5.74) is 2.31. The zero-order valence-electron chi connectivity index (χ0n) is 18.5. The zero-order valence-corrected chi connectivity index (χ0v) is 18.5. The Morgan fingerprint density at radius 3 is 2.69 bits per heavy atom. The highest BCUT2D eigenvalue weighted by molar-refractivity contribution is 5.95. The lowest BCUT2D eigenvalue weighted by Crippen LogP contribution is -2.44. The molecule has 1 aromatic heterocycles. The summed E-state index contributed by atoms with van der Waals surface area (Å²) in [6.07, 6.45) is 5.98. The predicted molar refractivity (Wildman–Crippen MR) is 119 cm³/mol. The van der Waals surface area contributed by atoms with E-state index in [1.54, 1.807) is 23.1 Å². The zero-order chi connectivity index (χ0) is 22.2. The number of rotatable bonds is 4. The number of carbonyl (C=O) groups excluding carboxylic acids is 2. The summed E-state index contributed by atoms with van der Waals surface area (Å²) in [6, 6.07) is 6.54. The fourth-order valence-corrected chi connectivity index (χ4v) is 5.05. The quantitative estimate of drug-likeness (QED) is 0.729. The number of hydrogen-bond donors (Lipinski definition) is 0. The molecule has 3 heterocycles. The maximum Gasteiger partial charge on any atom is 0.228 e. The number of hydrogen-bond acceptors (Lipinski definition) is 4. The van der Waals surface area contributed by atoms with Gasteiger partial charge in [-0.15, -0.1) is 0 Å². The molecule has 1 saturated heterocycles. The number of aromatic nitrogens is 2. The minimum atomic E-state index is -0.323. The van der Waals surface area contributed by atoms with Crippen LogP contribution in [-0.4, -0.2) is 39.8 Å². The van der Waals surface area contributed by atoms with Crippen molar-refractivity contribution in [2.24, 2.45) is 5.92 Å². The van der Waals surface area contributed by atoms with Crippen molar-refractivity contribution in [3.8, 4) is 0 Å². The molecule has 2 fully saturated rings. The summed E-state index contributed by atoms with van der Waals surface area (Å²) in [6.45, 7) is 3.55. The maximum atomic E-state index is 14.3. The molecule has 3 aliphatic rings. The van der Waals surface area contributed by atoms with Gasteiger partial charge in [0.2, 0.25) is 11.8 Å². The monoisotopic (exact) mass is 436 g/mol. The van der Waals surface area contributed by atoms with Crippen LogP contribution in [0.3, 0.4) is 0 Å². The number of aryl methyl sites for hydroxylation is 1. The SMILES string of the molecule is Cc1nc(C2CCCN(C(=O)C3CCC3)C2)nc2c1CCC(=O)N2Cc1ccccc1F. The predicted octanol–water partition coefficient (Wildman–Crippen LogP) is 3.91. The fraction of sp³-hybridized carbons (Fsp3) is 0.520. The van der Waals surface area contributed by atoms with E-state index >= 15 is 0 Å². The molecule has 1 aromatic carbocycles. The van der Waals surface area contributed by atoms with Crippen LogP contribution < -0.4 is 4.90 Å². The van der Waals surface area contributed by atoms with Gasteiger partial charge in [-0.1, -0.05) is 24.6 Å². The fourth-order valence-electron chi connectivity index (χ4n) is 5.05. The van der Waals surface area contributed by atoms with Crippen molar-refractivity contribution in [2.45, 2.75) is 64.3 Å². The van der Waals surface area contributed by atoms with Gasteiger partial charge in [0.25, 0.3) is 0 Å². The summed E-state index contributed by atoms with van der Waals surface area (Å²) < 4.78 is 14.3. The minimum absolute atomic E-state index is 0.0461. The Morgan fingerprint density at radius 2 is 1.94 bits per heavy atom. The van der Waals surface area contributed by atoms with Crippen LogP contribution in [-0.2, 0) is 22.6 Å². The van der Waals surface area contributed by atoms with Crippen molar-refractivity contribution >= 4 is 17.6 Å². The summed E-state index contributed by atoms with van der Waals surface area (Å²) in [5, 5.41) is 0. The van der Waals surface area contributed by atoms with E-state index in [4.69, 9.17) is 9.97 Å².